The van der Waals surface area contributed by atoms with Gasteiger partial charge in [-0.2, -0.15) is 0 Å². The second-order valence-corrected chi connectivity index (χ2v) is 3.49. The molecule has 0 heterocycles. The normalized spacial score (nSPS) is 17.7. The molecular formula is C9H14O8. The molecule has 3 atom stereocenters. The smallest absolute Gasteiger partial charge is 0.347 e. The van der Waals surface area contributed by atoms with Crippen LogP contribution in [0.4, 0.5) is 0 Å². The molecule has 0 bridgehead atoms. The molecule has 98 valence electrons. The maximum atomic E-state index is 11.3. The zero-order chi connectivity index (χ0) is 13.8. The molecule has 17 heavy (non-hydrogen) atoms. The lowest BCUT2D eigenvalue weighted by atomic mass is 9.96. The van der Waals surface area contributed by atoms with Crippen molar-refractivity contribution in [2.45, 2.75) is 31.7 Å². The van der Waals surface area contributed by atoms with E-state index in [4.69, 9.17) is 15.3 Å². The summed E-state index contributed by atoms with van der Waals surface area (Å²) in [6, 6.07) is 0. The maximum absolute atomic E-state index is 11.3. The van der Waals surface area contributed by atoms with Gasteiger partial charge in [-0.1, -0.05) is 0 Å². The number of carbonyl (C=O) groups is 3. The molecule has 0 rings (SSSR count). The first-order chi connectivity index (χ1) is 7.62. The molecule has 0 aromatic heterocycles. The van der Waals surface area contributed by atoms with Crippen LogP contribution in [0.15, 0.2) is 0 Å². The fourth-order valence-corrected chi connectivity index (χ4v) is 0.880. The van der Waals surface area contributed by atoms with E-state index in [0.29, 0.717) is 0 Å². The molecular weight excluding hydrogens is 236 g/mol. The van der Waals surface area contributed by atoms with Crippen LogP contribution in [0.1, 0.15) is 13.8 Å². The van der Waals surface area contributed by atoms with Gasteiger partial charge in [0.2, 0.25) is 5.78 Å². The average molecular weight is 250 g/mol. The summed E-state index contributed by atoms with van der Waals surface area (Å²) < 4.78 is 4.25. The first kappa shape index (κ1) is 15.5. The quantitative estimate of drug-likeness (QED) is 0.304. The van der Waals surface area contributed by atoms with Crippen molar-refractivity contribution in [1.29, 1.82) is 0 Å². The Morgan fingerprint density at radius 1 is 1.18 bits per heavy atom. The molecule has 4 N–H and O–H groups in total. The van der Waals surface area contributed by atoms with Crippen LogP contribution in [0, 0.1) is 0 Å². The van der Waals surface area contributed by atoms with Gasteiger partial charge < -0.3 is 25.2 Å². The van der Waals surface area contributed by atoms with E-state index in [1.165, 1.54) is 0 Å². The zero-order valence-electron chi connectivity index (χ0n) is 9.28. The summed E-state index contributed by atoms with van der Waals surface area (Å²) in [5.41, 5.74) is -3.03. The van der Waals surface area contributed by atoms with Crippen LogP contribution < -0.4 is 0 Å². The Hall–Kier alpha value is -1.51. The summed E-state index contributed by atoms with van der Waals surface area (Å²) in [4.78, 5) is 32.8. The van der Waals surface area contributed by atoms with Crippen molar-refractivity contribution >= 4 is 17.7 Å². The highest BCUT2D eigenvalue weighted by atomic mass is 16.6. The van der Waals surface area contributed by atoms with Gasteiger partial charge >= 0.3 is 11.9 Å². The zero-order valence-corrected chi connectivity index (χ0v) is 9.28. The third-order valence-corrected chi connectivity index (χ3v) is 1.91. The number of Topliss-reactive ketones (excluding diaryl/α,β-unsaturated/α-hetero) is 1. The van der Waals surface area contributed by atoms with Crippen molar-refractivity contribution < 1.29 is 39.5 Å². The summed E-state index contributed by atoms with van der Waals surface area (Å²) in [5, 5.41) is 35.8. The van der Waals surface area contributed by atoms with E-state index in [9.17, 15) is 19.5 Å². The van der Waals surface area contributed by atoms with E-state index in [-0.39, 0.29) is 0 Å². The Balaban J connectivity index is 4.82. The summed E-state index contributed by atoms with van der Waals surface area (Å²) in [6.07, 6.45) is -3.25. The molecule has 0 radical (unpaired) electrons. The van der Waals surface area contributed by atoms with E-state index in [0.717, 1.165) is 13.8 Å². The summed E-state index contributed by atoms with van der Waals surface area (Å²) in [6.45, 7) is 0.848. The minimum absolute atomic E-state index is 0.965. The number of aliphatic hydroxyl groups is 3. The van der Waals surface area contributed by atoms with Crippen molar-refractivity contribution in [3.05, 3.63) is 0 Å². The monoisotopic (exact) mass is 250 g/mol. The van der Waals surface area contributed by atoms with E-state index in [1.54, 1.807) is 0 Å². The Bertz CT molecular complexity index is 321. The average Bonchev–Trinajstić information content (AvgIpc) is 2.23. The first-order valence-corrected chi connectivity index (χ1v) is 4.65. The van der Waals surface area contributed by atoms with Crippen LogP contribution in [0.5, 0.6) is 0 Å². The lowest BCUT2D eigenvalue weighted by molar-refractivity contribution is -0.180. The number of ether oxygens (including phenoxy) is 1. The van der Waals surface area contributed by atoms with Gasteiger partial charge in [0.15, 0.2) is 0 Å². The topological polar surface area (TPSA) is 141 Å². The largest absolute Gasteiger partial charge is 0.479 e. The van der Waals surface area contributed by atoms with Crippen LogP contribution in [0.25, 0.3) is 0 Å². The predicted octanol–water partition coefficient (Wildman–Crippen LogP) is -2.32. The molecule has 0 aliphatic heterocycles. The molecule has 0 aliphatic rings. The van der Waals surface area contributed by atoms with Gasteiger partial charge in [0.05, 0.1) is 0 Å². The number of ketones is 1. The second-order valence-electron chi connectivity index (χ2n) is 3.49. The third-order valence-electron chi connectivity index (χ3n) is 1.91. The van der Waals surface area contributed by atoms with Gasteiger partial charge in [-0.3, -0.25) is 4.79 Å². The molecule has 0 spiro atoms. The number of carboxylic acids is 1. The number of aliphatic carboxylic acids is 1. The maximum Gasteiger partial charge on any atom is 0.347 e. The van der Waals surface area contributed by atoms with Gasteiger partial charge in [0.1, 0.15) is 18.8 Å². The van der Waals surface area contributed by atoms with E-state index < -0.39 is 42.1 Å². The molecule has 0 saturated heterocycles. The van der Waals surface area contributed by atoms with Crippen LogP contribution in [0.3, 0.4) is 0 Å². The number of aliphatic hydroxyl groups excluding tert-OH is 2. The number of carbonyl (C=O) groups excluding carboxylic acids is 2. The number of carboxylic acid groups (broad SMARTS) is 1. The second kappa shape index (κ2) is 5.71. The van der Waals surface area contributed by atoms with Crippen LogP contribution in [-0.2, 0) is 19.1 Å². The molecule has 3 unspecified atom stereocenters. The number of hydrogen-bond donors (Lipinski definition) is 4. The molecule has 0 aromatic carbocycles. The van der Waals surface area contributed by atoms with Crippen molar-refractivity contribution in [3.63, 3.8) is 0 Å². The molecule has 0 aromatic rings. The van der Waals surface area contributed by atoms with Crippen molar-refractivity contribution in [1.82, 2.24) is 0 Å². The lowest BCUT2D eigenvalue weighted by Gasteiger charge is -2.23. The Morgan fingerprint density at radius 2 is 1.65 bits per heavy atom. The van der Waals surface area contributed by atoms with Crippen LogP contribution >= 0.6 is 0 Å². The molecule has 0 amide bonds. The minimum Gasteiger partial charge on any atom is -0.479 e. The van der Waals surface area contributed by atoms with E-state index >= 15 is 0 Å². The highest BCUT2D eigenvalue weighted by Crippen LogP contribution is 2.11. The van der Waals surface area contributed by atoms with E-state index in [1.807, 2.05) is 0 Å². The number of hydrogen-bond acceptors (Lipinski definition) is 7. The highest BCUT2D eigenvalue weighted by molar-refractivity contribution is 6.08. The van der Waals surface area contributed by atoms with Crippen molar-refractivity contribution in [3.8, 4) is 0 Å². The van der Waals surface area contributed by atoms with Gasteiger partial charge in [-0.05, 0) is 13.8 Å². The van der Waals surface area contributed by atoms with Crippen molar-refractivity contribution in [2.24, 2.45) is 0 Å². The number of rotatable bonds is 6. The summed E-state index contributed by atoms with van der Waals surface area (Å²) in [7, 11) is 0. The van der Waals surface area contributed by atoms with Crippen LogP contribution in [0.2, 0.25) is 0 Å². The third kappa shape index (κ3) is 3.77. The molecule has 8 nitrogen and oxygen atoms in total. The van der Waals surface area contributed by atoms with Crippen molar-refractivity contribution in [2.75, 3.05) is 6.61 Å². The fraction of sp³-hybridized carbons (Fsp3) is 0.667. The molecule has 0 fully saturated rings. The molecule has 0 aliphatic carbocycles. The Morgan fingerprint density at radius 3 is 1.94 bits per heavy atom. The molecule has 0 saturated carbocycles. The van der Waals surface area contributed by atoms with Crippen LogP contribution in [-0.4, -0.2) is 62.6 Å². The van der Waals surface area contributed by atoms with Gasteiger partial charge in [-0.15, -0.1) is 0 Å². The SMILES string of the molecule is CC(O)C(=O)OCC(O)(C(=O)O)C(=O)C(C)O. The summed E-state index contributed by atoms with van der Waals surface area (Å²) in [5.74, 6) is -4.56. The predicted molar refractivity (Wildman–Crippen MR) is 51.9 cm³/mol. The Labute approximate surface area is 96.4 Å². The molecule has 8 heteroatoms. The lowest BCUT2D eigenvalue weighted by Crippen LogP contribution is -2.54. The summed E-state index contributed by atoms with van der Waals surface area (Å²) >= 11 is 0. The van der Waals surface area contributed by atoms with Gasteiger partial charge in [-0.25, -0.2) is 9.59 Å². The highest BCUT2D eigenvalue weighted by Gasteiger charge is 2.47. The van der Waals surface area contributed by atoms with Gasteiger partial charge in [0, 0.05) is 0 Å². The Kier molecular flexibility index (Phi) is 5.20. The van der Waals surface area contributed by atoms with Gasteiger partial charge in [0.25, 0.3) is 5.60 Å². The minimum atomic E-state index is -3.03. The van der Waals surface area contributed by atoms with E-state index in [2.05, 4.69) is 4.74 Å². The first-order valence-electron chi connectivity index (χ1n) is 4.65. The standard InChI is InChI=1S/C9H14O8/c1-4(10)6(12)9(16,8(14)15)3-17-7(13)5(2)11/h4-5,10-11,16H,3H2,1-2H3,(H,14,15). The fourth-order valence-electron chi connectivity index (χ4n) is 0.880. The number of esters is 1.